The normalized spacial score (nSPS) is 22.8. The minimum Gasteiger partial charge on any atom is -0.378 e. The maximum Gasteiger partial charge on any atom is 0.287 e. The molecule has 1 aliphatic rings. The number of nitrogens with one attached hydrogen (secondary N) is 1. The van der Waals surface area contributed by atoms with Gasteiger partial charge in [-0.15, -0.1) is 0 Å². The van der Waals surface area contributed by atoms with E-state index >= 15 is 0 Å². The van der Waals surface area contributed by atoms with Crippen LogP contribution in [0, 0.1) is 0 Å². The van der Waals surface area contributed by atoms with Crippen LogP contribution < -0.4 is 16.6 Å². The van der Waals surface area contributed by atoms with E-state index in [1.54, 1.807) is 6.20 Å². The Morgan fingerprint density at radius 3 is 2.95 bits per heavy atom. The summed E-state index contributed by atoms with van der Waals surface area (Å²) in [4.78, 5) is 12.1. The van der Waals surface area contributed by atoms with E-state index < -0.39 is 0 Å². The summed E-state index contributed by atoms with van der Waals surface area (Å²) in [5.41, 5.74) is 6.48. The van der Waals surface area contributed by atoms with E-state index in [-0.39, 0.29) is 22.7 Å². The molecule has 1 saturated carbocycles. The van der Waals surface area contributed by atoms with Gasteiger partial charge in [-0.1, -0.05) is 37.8 Å². The molecular formula is C14H23ClN4O. The van der Waals surface area contributed by atoms with E-state index in [0.29, 0.717) is 12.2 Å². The number of hydrogen-bond acceptors (Lipinski definition) is 4. The molecule has 6 heteroatoms. The van der Waals surface area contributed by atoms with Gasteiger partial charge in [-0.05, 0) is 19.3 Å². The molecule has 0 radical (unpaired) electrons. The van der Waals surface area contributed by atoms with Crippen LogP contribution in [0.25, 0.3) is 0 Å². The lowest BCUT2D eigenvalue weighted by atomic mass is 9.91. The molecule has 1 heterocycles. The van der Waals surface area contributed by atoms with E-state index in [0.717, 1.165) is 32.1 Å². The predicted molar refractivity (Wildman–Crippen MR) is 82.3 cm³/mol. The molecule has 1 aliphatic carbocycles. The topological polar surface area (TPSA) is 72.9 Å². The van der Waals surface area contributed by atoms with Crippen molar-refractivity contribution in [1.29, 1.82) is 0 Å². The Morgan fingerprint density at radius 1 is 1.50 bits per heavy atom. The first kappa shape index (κ1) is 15.3. The van der Waals surface area contributed by atoms with Crippen molar-refractivity contribution in [1.82, 2.24) is 9.78 Å². The second kappa shape index (κ2) is 7.09. The average molecular weight is 299 g/mol. The third kappa shape index (κ3) is 3.52. The molecule has 0 aromatic carbocycles. The van der Waals surface area contributed by atoms with Crippen molar-refractivity contribution in [2.24, 2.45) is 5.73 Å². The summed E-state index contributed by atoms with van der Waals surface area (Å²) in [6, 6.07) is 0.288. The lowest BCUT2D eigenvalue weighted by Gasteiger charge is -2.30. The first-order valence-corrected chi connectivity index (χ1v) is 7.79. The van der Waals surface area contributed by atoms with Crippen LogP contribution in [-0.2, 0) is 6.54 Å². The van der Waals surface area contributed by atoms with Gasteiger partial charge in [0.05, 0.1) is 11.9 Å². The Labute approximate surface area is 124 Å². The fourth-order valence-corrected chi connectivity index (χ4v) is 2.77. The van der Waals surface area contributed by atoms with E-state index in [9.17, 15) is 4.79 Å². The lowest BCUT2D eigenvalue weighted by Crippen LogP contribution is -2.43. The number of nitrogens with zero attached hydrogens (tertiary/aromatic N) is 2. The van der Waals surface area contributed by atoms with Gasteiger partial charge in [0.15, 0.2) is 0 Å². The molecule has 0 spiro atoms. The molecule has 0 aliphatic heterocycles. The second-order valence-corrected chi connectivity index (χ2v) is 5.83. The molecule has 0 bridgehead atoms. The first-order chi connectivity index (χ1) is 9.63. The maximum absolute atomic E-state index is 12.1. The Hall–Kier alpha value is -1.07. The van der Waals surface area contributed by atoms with Crippen molar-refractivity contribution in [2.75, 3.05) is 5.32 Å². The lowest BCUT2D eigenvalue weighted by molar-refractivity contribution is 0.403. The molecule has 2 unspecified atom stereocenters. The summed E-state index contributed by atoms with van der Waals surface area (Å²) in [5, 5.41) is 7.69. The van der Waals surface area contributed by atoms with Crippen LogP contribution in [0.5, 0.6) is 0 Å². The molecule has 112 valence electrons. The Bertz CT molecular complexity index is 502. The highest BCUT2D eigenvalue weighted by Gasteiger charge is 2.23. The second-order valence-electron chi connectivity index (χ2n) is 5.45. The highest BCUT2D eigenvalue weighted by atomic mass is 35.5. The highest BCUT2D eigenvalue weighted by Crippen LogP contribution is 2.23. The van der Waals surface area contributed by atoms with Crippen molar-refractivity contribution >= 4 is 17.3 Å². The fourth-order valence-electron chi connectivity index (χ4n) is 2.57. The first-order valence-electron chi connectivity index (χ1n) is 7.41. The van der Waals surface area contributed by atoms with Gasteiger partial charge in [-0.2, -0.15) is 5.10 Å². The van der Waals surface area contributed by atoms with Crippen LogP contribution in [0.2, 0.25) is 5.02 Å². The Kier molecular flexibility index (Phi) is 5.43. The van der Waals surface area contributed by atoms with Crippen molar-refractivity contribution in [3.8, 4) is 0 Å². The summed E-state index contributed by atoms with van der Waals surface area (Å²) < 4.78 is 1.43. The zero-order valence-electron chi connectivity index (χ0n) is 11.9. The highest BCUT2D eigenvalue weighted by molar-refractivity contribution is 6.32. The molecule has 1 fully saturated rings. The maximum atomic E-state index is 12.1. The van der Waals surface area contributed by atoms with Crippen LogP contribution in [0.4, 0.5) is 5.69 Å². The van der Waals surface area contributed by atoms with E-state index in [1.165, 1.54) is 11.1 Å². The number of aryl methyl sites for hydroxylation is 1. The van der Waals surface area contributed by atoms with Gasteiger partial charge >= 0.3 is 0 Å². The van der Waals surface area contributed by atoms with Gasteiger partial charge in [0.25, 0.3) is 5.56 Å². The summed E-state index contributed by atoms with van der Waals surface area (Å²) >= 11 is 6.17. The summed E-state index contributed by atoms with van der Waals surface area (Å²) in [5.74, 6) is 0. The largest absolute Gasteiger partial charge is 0.378 e. The van der Waals surface area contributed by atoms with Crippen molar-refractivity contribution < 1.29 is 0 Å². The third-order valence-corrected chi connectivity index (χ3v) is 4.23. The Balaban J connectivity index is 2.12. The van der Waals surface area contributed by atoms with E-state index in [2.05, 4.69) is 17.3 Å². The zero-order valence-corrected chi connectivity index (χ0v) is 12.7. The molecule has 20 heavy (non-hydrogen) atoms. The summed E-state index contributed by atoms with van der Waals surface area (Å²) in [7, 11) is 0. The van der Waals surface area contributed by atoms with Crippen LogP contribution in [0.15, 0.2) is 11.0 Å². The summed E-state index contributed by atoms with van der Waals surface area (Å²) in [6.07, 6.45) is 7.92. The molecule has 1 aromatic rings. The molecule has 0 amide bonds. The molecular weight excluding hydrogens is 276 g/mol. The van der Waals surface area contributed by atoms with Gasteiger partial charge in [0.1, 0.15) is 5.02 Å². The van der Waals surface area contributed by atoms with Gasteiger partial charge in [-0.3, -0.25) is 4.79 Å². The van der Waals surface area contributed by atoms with Crippen molar-refractivity contribution in [2.45, 2.75) is 64.1 Å². The molecule has 3 N–H and O–H groups in total. The summed E-state index contributed by atoms with van der Waals surface area (Å²) in [6.45, 7) is 2.69. The van der Waals surface area contributed by atoms with E-state index in [4.69, 9.17) is 17.3 Å². The number of halogens is 1. The molecule has 2 atom stereocenters. The number of unbranched alkanes of at least 4 members (excludes halogenated alkanes) is 1. The van der Waals surface area contributed by atoms with Crippen LogP contribution in [0.3, 0.4) is 0 Å². The SMILES string of the molecule is CCCCn1ncc(NC2CCCCC2N)c(Cl)c1=O. The van der Waals surface area contributed by atoms with Crippen LogP contribution >= 0.6 is 11.6 Å². The third-order valence-electron chi connectivity index (χ3n) is 3.87. The minimum absolute atomic E-state index is 0.113. The number of rotatable bonds is 5. The smallest absolute Gasteiger partial charge is 0.287 e. The van der Waals surface area contributed by atoms with Gasteiger partial charge in [0, 0.05) is 18.6 Å². The number of nitrogens with two attached hydrogens (primary N) is 1. The fraction of sp³-hybridized carbons (Fsp3) is 0.714. The van der Waals surface area contributed by atoms with Crippen LogP contribution in [0.1, 0.15) is 45.4 Å². The quantitative estimate of drug-likeness (QED) is 0.875. The number of anilines is 1. The van der Waals surface area contributed by atoms with Gasteiger partial charge in [-0.25, -0.2) is 4.68 Å². The van der Waals surface area contributed by atoms with E-state index in [1.807, 2.05) is 0 Å². The van der Waals surface area contributed by atoms with Gasteiger partial charge in [0.2, 0.25) is 0 Å². The standard InChI is InChI=1S/C14H23ClN4O/c1-2-3-8-19-14(20)13(15)12(9-17-19)18-11-7-5-4-6-10(11)16/h9-11,18H,2-8,16H2,1H3. The van der Waals surface area contributed by atoms with Crippen LogP contribution in [-0.4, -0.2) is 21.9 Å². The molecule has 1 aromatic heterocycles. The zero-order chi connectivity index (χ0) is 14.5. The van der Waals surface area contributed by atoms with Crippen molar-refractivity contribution in [3.05, 3.63) is 21.6 Å². The van der Waals surface area contributed by atoms with Crippen molar-refractivity contribution in [3.63, 3.8) is 0 Å². The predicted octanol–water partition coefficient (Wildman–Crippen LogP) is 2.38. The average Bonchev–Trinajstić information content (AvgIpc) is 2.45. The number of hydrogen-bond donors (Lipinski definition) is 2. The van der Waals surface area contributed by atoms with Gasteiger partial charge < -0.3 is 11.1 Å². The minimum atomic E-state index is -0.227. The molecule has 5 nitrogen and oxygen atoms in total. The monoisotopic (exact) mass is 298 g/mol. The molecule has 2 rings (SSSR count). The number of aromatic nitrogens is 2. The molecule has 0 saturated heterocycles. The Morgan fingerprint density at radius 2 is 2.25 bits per heavy atom.